The van der Waals surface area contributed by atoms with Crippen LogP contribution in [0.25, 0.3) is 0 Å². The highest BCUT2D eigenvalue weighted by molar-refractivity contribution is 5.66. The maximum Gasteiger partial charge on any atom is 0.303 e. The second-order valence-corrected chi connectivity index (χ2v) is 5.17. The van der Waals surface area contributed by atoms with Crippen molar-refractivity contribution < 1.29 is 19.7 Å². The van der Waals surface area contributed by atoms with Crippen LogP contribution in [0.4, 0.5) is 0 Å². The van der Waals surface area contributed by atoms with Crippen LogP contribution in [0.3, 0.4) is 0 Å². The van der Waals surface area contributed by atoms with Gasteiger partial charge in [-0.1, -0.05) is 0 Å². The van der Waals surface area contributed by atoms with Crippen molar-refractivity contribution >= 4 is 5.97 Å². The molecule has 0 aliphatic heterocycles. The highest BCUT2D eigenvalue weighted by Crippen LogP contribution is 2.21. The molecule has 0 bridgehead atoms. The van der Waals surface area contributed by atoms with Gasteiger partial charge in [-0.2, -0.15) is 0 Å². The number of carbonyl (C=O) groups is 1. The third kappa shape index (κ3) is 6.95. The molecule has 0 saturated carbocycles. The predicted octanol–water partition coefficient (Wildman–Crippen LogP) is 1.56. The van der Waals surface area contributed by atoms with E-state index in [0.29, 0.717) is 5.57 Å². The van der Waals surface area contributed by atoms with E-state index in [9.17, 15) is 15.0 Å². The van der Waals surface area contributed by atoms with Gasteiger partial charge in [0, 0.05) is 12.5 Å². The zero-order valence-electron chi connectivity index (χ0n) is 11.4. The summed E-state index contributed by atoms with van der Waals surface area (Å²) >= 11 is 0. The number of hydrogen-bond donors (Lipinski definition) is 2. The van der Waals surface area contributed by atoms with Crippen LogP contribution in [0.2, 0.25) is 0 Å². The lowest BCUT2D eigenvalue weighted by Gasteiger charge is -2.25. The van der Waals surface area contributed by atoms with Gasteiger partial charge in [-0.25, -0.2) is 0 Å². The van der Waals surface area contributed by atoms with Crippen LogP contribution in [0.1, 0.15) is 41.5 Å². The molecule has 1 atom stereocenters. The Morgan fingerprint density at radius 1 is 1.29 bits per heavy atom. The minimum absolute atomic E-state index is 0.412. The molecule has 0 aromatic heterocycles. The Morgan fingerprint density at radius 3 is 2.06 bits per heavy atom. The van der Waals surface area contributed by atoms with Crippen LogP contribution in [0.5, 0.6) is 0 Å². The van der Waals surface area contributed by atoms with Gasteiger partial charge >= 0.3 is 5.97 Å². The van der Waals surface area contributed by atoms with E-state index in [1.807, 2.05) is 0 Å². The first-order valence-electron chi connectivity index (χ1n) is 5.53. The van der Waals surface area contributed by atoms with Gasteiger partial charge in [-0.3, -0.25) is 4.79 Å². The molecule has 0 rings (SSSR count). The molecule has 0 aliphatic carbocycles. The number of aliphatic hydroxyl groups is 2. The van der Waals surface area contributed by atoms with Gasteiger partial charge in [0.2, 0.25) is 0 Å². The Bertz CT molecular complexity index is 335. The fourth-order valence-electron chi connectivity index (χ4n) is 1.35. The average Bonchev–Trinajstić information content (AvgIpc) is 1.96. The van der Waals surface area contributed by atoms with Crippen molar-refractivity contribution in [2.24, 2.45) is 0 Å². The Balaban J connectivity index is 5.31. The molecule has 0 amide bonds. The maximum absolute atomic E-state index is 10.9. The number of ether oxygens (including phenoxy) is 1. The smallest absolute Gasteiger partial charge is 0.303 e. The minimum atomic E-state index is -1.17. The number of esters is 1. The average molecular weight is 242 g/mol. The van der Waals surface area contributed by atoms with E-state index >= 15 is 0 Å². The third-order valence-electron chi connectivity index (χ3n) is 1.99. The number of carbonyl (C=O) groups excluding carboxylic acids is 1. The topological polar surface area (TPSA) is 66.8 Å². The molecule has 4 nitrogen and oxygen atoms in total. The summed E-state index contributed by atoms with van der Waals surface area (Å²) in [6.07, 6.45) is 0.839. The molecule has 17 heavy (non-hydrogen) atoms. The van der Waals surface area contributed by atoms with E-state index in [2.05, 4.69) is 5.73 Å². The third-order valence-corrected chi connectivity index (χ3v) is 1.99. The first-order valence-corrected chi connectivity index (χ1v) is 5.53. The normalized spacial score (nSPS) is 13.6. The van der Waals surface area contributed by atoms with Gasteiger partial charge in [-0.05, 0) is 40.7 Å². The molecule has 98 valence electrons. The van der Waals surface area contributed by atoms with E-state index in [-0.39, 0.29) is 0 Å². The van der Waals surface area contributed by atoms with Crippen LogP contribution >= 0.6 is 0 Å². The van der Waals surface area contributed by atoms with E-state index in [1.165, 1.54) is 13.0 Å². The van der Waals surface area contributed by atoms with Crippen molar-refractivity contribution in [2.45, 2.75) is 58.8 Å². The van der Waals surface area contributed by atoms with E-state index in [1.54, 1.807) is 34.6 Å². The fourth-order valence-corrected chi connectivity index (χ4v) is 1.35. The lowest BCUT2D eigenvalue weighted by molar-refractivity contribution is -0.144. The minimum Gasteiger partial charge on any atom is -0.458 e. The summed E-state index contributed by atoms with van der Waals surface area (Å²) in [5.41, 5.74) is 1.03. The van der Waals surface area contributed by atoms with Gasteiger partial charge in [0.15, 0.2) is 0 Å². The molecule has 0 heterocycles. The highest BCUT2D eigenvalue weighted by Gasteiger charge is 2.26. The zero-order chi connectivity index (χ0) is 13.9. The molecule has 4 heteroatoms. The lowest BCUT2D eigenvalue weighted by Crippen LogP contribution is -2.31. The summed E-state index contributed by atoms with van der Waals surface area (Å²) < 4.78 is 5.00. The Morgan fingerprint density at radius 2 is 1.76 bits per heavy atom. The second kappa shape index (κ2) is 5.50. The second-order valence-electron chi connectivity index (χ2n) is 5.17. The van der Waals surface area contributed by atoms with Crippen LogP contribution in [-0.4, -0.2) is 33.5 Å². The van der Waals surface area contributed by atoms with Gasteiger partial charge in [0.05, 0.1) is 11.2 Å². The van der Waals surface area contributed by atoms with Crippen LogP contribution in [0.15, 0.2) is 17.4 Å². The van der Waals surface area contributed by atoms with Crippen molar-refractivity contribution in [3.05, 3.63) is 17.4 Å². The molecule has 2 N–H and O–H groups in total. The summed E-state index contributed by atoms with van der Waals surface area (Å²) in [5.74, 6) is -0.427. The largest absolute Gasteiger partial charge is 0.458 e. The van der Waals surface area contributed by atoms with Gasteiger partial charge in [0.1, 0.15) is 6.10 Å². The van der Waals surface area contributed by atoms with Crippen molar-refractivity contribution in [3.8, 4) is 0 Å². The van der Waals surface area contributed by atoms with Gasteiger partial charge in [0.25, 0.3) is 0 Å². The van der Waals surface area contributed by atoms with Crippen LogP contribution in [-0.2, 0) is 9.53 Å². The first-order chi connectivity index (χ1) is 7.43. The van der Waals surface area contributed by atoms with E-state index in [0.717, 1.165) is 0 Å². The molecule has 0 radical (unpaired) electrons. The van der Waals surface area contributed by atoms with Crippen molar-refractivity contribution in [1.29, 1.82) is 0 Å². The van der Waals surface area contributed by atoms with Crippen molar-refractivity contribution in [3.63, 3.8) is 0 Å². The van der Waals surface area contributed by atoms with E-state index in [4.69, 9.17) is 4.74 Å². The predicted molar refractivity (Wildman–Crippen MR) is 65.4 cm³/mol. The van der Waals surface area contributed by atoms with E-state index < -0.39 is 23.3 Å². The first kappa shape index (κ1) is 15.9. The molecule has 0 fully saturated rings. The molecule has 0 aromatic rings. The zero-order valence-corrected chi connectivity index (χ0v) is 11.4. The molecular formula is C13H22O4. The number of hydrogen-bond acceptors (Lipinski definition) is 4. The van der Waals surface area contributed by atoms with Gasteiger partial charge in [-0.15, -0.1) is 5.73 Å². The summed E-state index contributed by atoms with van der Waals surface area (Å²) in [6, 6.07) is 0. The monoisotopic (exact) mass is 242 g/mol. The Kier molecular flexibility index (Phi) is 5.14. The molecule has 0 aliphatic rings. The molecule has 0 spiro atoms. The summed E-state index contributed by atoms with van der Waals surface area (Å²) in [4.78, 5) is 10.9. The maximum atomic E-state index is 10.9. The van der Waals surface area contributed by atoms with Crippen molar-refractivity contribution in [1.82, 2.24) is 0 Å². The fraction of sp³-hybridized carbons (Fsp3) is 0.692. The summed E-state index contributed by atoms with van der Waals surface area (Å²) in [6.45, 7) is 9.30. The molecule has 0 saturated heterocycles. The Hall–Kier alpha value is -1.09. The van der Waals surface area contributed by atoms with Crippen molar-refractivity contribution in [2.75, 3.05) is 0 Å². The van der Waals surface area contributed by atoms with Gasteiger partial charge < -0.3 is 14.9 Å². The number of rotatable bonds is 4. The van der Waals surface area contributed by atoms with Crippen LogP contribution < -0.4 is 0 Å². The molecular weight excluding hydrogens is 220 g/mol. The quantitative estimate of drug-likeness (QED) is 0.580. The lowest BCUT2D eigenvalue weighted by atomic mass is 9.94. The summed E-state index contributed by atoms with van der Waals surface area (Å²) in [5, 5.41) is 19.5. The highest BCUT2D eigenvalue weighted by atomic mass is 16.5. The van der Waals surface area contributed by atoms with Crippen LogP contribution in [0, 0.1) is 0 Å². The Labute approximate surface area is 103 Å². The molecule has 0 aromatic carbocycles. The standard InChI is InChI=1S/C13H22O4/c1-9(17-10(2)14)11(13(5,6)16)7-8-12(3,4)15/h8-9,15-16H,1-6H3/t7?,9-/m1/s1. The summed E-state index contributed by atoms with van der Waals surface area (Å²) in [7, 11) is 0. The SMILES string of the molecule is CC(=O)O[C@H](C)C(=C=CC(C)(C)O)C(C)(C)O. The molecule has 0 unspecified atom stereocenters.